The maximum Gasteiger partial charge on any atom is 0.416 e. The molecule has 0 spiro atoms. The third-order valence-corrected chi connectivity index (χ3v) is 6.08. The Morgan fingerprint density at radius 3 is 2.12 bits per heavy atom. The first kappa shape index (κ1) is 23.9. The number of halogens is 3. The molecule has 1 unspecified atom stereocenters. The van der Waals surface area contributed by atoms with Crippen LogP contribution in [-0.2, 0) is 23.8 Å². The molecule has 0 radical (unpaired) electrons. The van der Waals surface area contributed by atoms with E-state index in [9.17, 15) is 23.1 Å². The Hall–Kier alpha value is -2.76. The summed E-state index contributed by atoms with van der Waals surface area (Å²) < 4.78 is 38.0. The molecule has 1 atom stereocenters. The zero-order chi connectivity index (χ0) is 23.5. The van der Waals surface area contributed by atoms with Gasteiger partial charge in [0.25, 0.3) is 0 Å². The van der Waals surface area contributed by atoms with E-state index in [0.29, 0.717) is 37.1 Å². The van der Waals surface area contributed by atoms with E-state index in [1.165, 1.54) is 12.1 Å². The molecule has 0 saturated heterocycles. The first-order valence-corrected chi connectivity index (χ1v) is 11.1. The lowest BCUT2D eigenvalue weighted by atomic mass is 9.79. The Labute approximate surface area is 187 Å². The normalized spacial score (nSPS) is 17.1. The van der Waals surface area contributed by atoms with Crippen molar-refractivity contribution in [1.82, 2.24) is 0 Å². The summed E-state index contributed by atoms with van der Waals surface area (Å²) in [6, 6.07) is 9.07. The van der Waals surface area contributed by atoms with E-state index in [1.54, 1.807) is 0 Å². The van der Waals surface area contributed by atoms with Crippen LogP contribution in [0, 0.1) is 12.8 Å². The van der Waals surface area contributed by atoms with Gasteiger partial charge in [0.15, 0.2) is 5.78 Å². The number of aliphatic hydroxyl groups is 1. The van der Waals surface area contributed by atoms with E-state index in [2.05, 4.69) is 31.3 Å². The summed E-state index contributed by atoms with van der Waals surface area (Å²) in [4.78, 5) is 13.1. The third kappa shape index (κ3) is 5.34. The molecule has 2 aromatic carbocycles. The zero-order valence-electron chi connectivity index (χ0n) is 18.8. The van der Waals surface area contributed by atoms with Gasteiger partial charge in [-0.25, -0.2) is 0 Å². The fourth-order valence-electron chi connectivity index (χ4n) is 4.48. The number of carbonyl (C=O) groups is 1. The van der Waals surface area contributed by atoms with Crippen molar-refractivity contribution in [2.45, 2.75) is 59.1 Å². The van der Waals surface area contributed by atoms with Crippen molar-refractivity contribution in [2.24, 2.45) is 5.92 Å². The monoisotopic (exact) mass is 445 g/mol. The van der Waals surface area contributed by atoms with Crippen molar-refractivity contribution in [3.8, 4) is 0 Å². The Morgan fingerprint density at radius 2 is 1.62 bits per heavy atom. The summed E-state index contributed by atoms with van der Waals surface area (Å²) in [5.41, 5.74) is 4.59. The highest BCUT2D eigenvalue weighted by molar-refractivity contribution is 6.22. The van der Waals surface area contributed by atoms with Gasteiger partial charge in [-0.1, -0.05) is 31.5 Å². The molecule has 32 heavy (non-hydrogen) atoms. The lowest BCUT2D eigenvalue weighted by Crippen LogP contribution is -2.22. The molecule has 0 aromatic heterocycles. The van der Waals surface area contributed by atoms with Gasteiger partial charge in [-0.3, -0.25) is 4.79 Å². The van der Waals surface area contributed by atoms with Crippen LogP contribution in [0.15, 0.2) is 42.2 Å². The topological polar surface area (TPSA) is 49.3 Å². The van der Waals surface area contributed by atoms with Gasteiger partial charge >= 0.3 is 6.18 Å². The number of nitrogens with one attached hydrogen (secondary N) is 1. The van der Waals surface area contributed by atoms with Crippen molar-refractivity contribution in [3.63, 3.8) is 0 Å². The molecule has 172 valence electrons. The van der Waals surface area contributed by atoms with Crippen LogP contribution in [0.1, 0.15) is 60.9 Å². The largest absolute Gasteiger partial charge is 0.512 e. The molecule has 0 saturated carbocycles. The number of hydrogen-bond donors (Lipinski definition) is 2. The molecule has 0 bridgehead atoms. The number of aryl methyl sites for hydroxylation is 3. The fraction of sp³-hybridized carbons (Fsp3) is 0.423. The Kier molecular flexibility index (Phi) is 7.32. The van der Waals surface area contributed by atoms with Crippen LogP contribution < -0.4 is 5.32 Å². The van der Waals surface area contributed by atoms with Gasteiger partial charge in [0.2, 0.25) is 0 Å². The first-order valence-electron chi connectivity index (χ1n) is 11.1. The molecular formula is C26H30F3NO2. The number of Topliss-reactive ketones (excluding diaryl/α,β-unsaturated/α-hetero) is 1. The highest BCUT2D eigenvalue weighted by Crippen LogP contribution is 2.37. The maximum absolute atomic E-state index is 13.1. The Balaban J connectivity index is 1.69. The summed E-state index contributed by atoms with van der Waals surface area (Å²) >= 11 is 0. The first-order chi connectivity index (χ1) is 15.1. The SMILES string of the molecule is CCc1cc(C)cc(CC)c1C1=C(O)CC(CCNc2ccc(C(F)(F)F)cc2)CC1=O. The van der Waals surface area contributed by atoms with Gasteiger partial charge in [0.1, 0.15) is 5.76 Å². The summed E-state index contributed by atoms with van der Waals surface area (Å²) in [5.74, 6) is 0.101. The molecule has 0 fully saturated rings. The highest BCUT2D eigenvalue weighted by Gasteiger charge is 2.31. The van der Waals surface area contributed by atoms with E-state index >= 15 is 0 Å². The summed E-state index contributed by atoms with van der Waals surface area (Å²) in [6.07, 6.45) is -1.36. The molecule has 3 nitrogen and oxygen atoms in total. The third-order valence-electron chi connectivity index (χ3n) is 6.08. The molecule has 6 heteroatoms. The number of carbonyl (C=O) groups excluding carboxylic acids is 1. The van der Waals surface area contributed by atoms with Crippen LogP contribution in [0.3, 0.4) is 0 Å². The zero-order valence-corrected chi connectivity index (χ0v) is 18.8. The van der Waals surface area contributed by atoms with Gasteiger partial charge in [0, 0.05) is 25.1 Å². The van der Waals surface area contributed by atoms with Crippen LogP contribution in [0.4, 0.5) is 18.9 Å². The second kappa shape index (κ2) is 9.80. The molecule has 3 rings (SSSR count). The van der Waals surface area contributed by atoms with E-state index in [-0.39, 0.29) is 17.5 Å². The Bertz CT molecular complexity index is 982. The molecule has 2 aromatic rings. The average molecular weight is 446 g/mol. The molecule has 2 N–H and O–H groups in total. The van der Waals surface area contributed by atoms with Crippen molar-refractivity contribution in [2.75, 3.05) is 11.9 Å². The molecule has 1 aliphatic carbocycles. The molecule has 1 aliphatic rings. The highest BCUT2D eigenvalue weighted by atomic mass is 19.4. The molecule has 0 amide bonds. The van der Waals surface area contributed by atoms with Crippen LogP contribution in [0.5, 0.6) is 0 Å². The van der Waals surface area contributed by atoms with Crippen molar-refractivity contribution < 1.29 is 23.1 Å². The van der Waals surface area contributed by atoms with Crippen molar-refractivity contribution >= 4 is 17.0 Å². The van der Waals surface area contributed by atoms with Crippen LogP contribution in [-0.4, -0.2) is 17.4 Å². The number of aliphatic hydroxyl groups excluding tert-OH is 1. The number of rotatable bonds is 7. The van der Waals surface area contributed by atoms with E-state index in [4.69, 9.17) is 0 Å². The van der Waals surface area contributed by atoms with E-state index in [0.717, 1.165) is 47.2 Å². The number of benzene rings is 2. The van der Waals surface area contributed by atoms with Crippen LogP contribution in [0.2, 0.25) is 0 Å². The summed E-state index contributed by atoms with van der Waals surface area (Å²) in [5, 5.41) is 13.9. The number of hydrogen-bond acceptors (Lipinski definition) is 3. The predicted molar refractivity (Wildman–Crippen MR) is 122 cm³/mol. The number of ketones is 1. The van der Waals surface area contributed by atoms with Gasteiger partial charge < -0.3 is 10.4 Å². The van der Waals surface area contributed by atoms with Crippen molar-refractivity contribution in [1.29, 1.82) is 0 Å². The minimum atomic E-state index is -4.35. The minimum absolute atomic E-state index is 0.00574. The van der Waals surface area contributed by atoms with Gasteiger partial charge in [-0.05, 0) is 73.1 Å². The second-order valence-corrected chi connectivity index (χ2v) is 8.47. The quantitative estimate of drug-likeness (QED) is 0.488. The van der Waals surface area contributed by atoms with E-state index < -0.39 is 11.7 Å². The van der Waals surface area contributed by atoms with Gasteiger partial charge in [-0.2, -0.15) is 13.2 Å². The average Bonchev–Trinajstić information content (AvgIpc) is 2.73. The minimum Gasteiger partial charge on any atom is -0.512 e. The molecule has 0 heterocycles. The van der Waals surface area contributed by atoms with Gasteiger partial charge in [-0.15, -0.1) is 0 Å². The number of anilines is 1. The lowest BCUT2D eigenvalue weighted by molar-refractivity contribution is -0.137. The Morgan fingerprint density at radius 1 is 1.03 bits per heavy atom. The van der Waals surface area contributed by atoms with Gasteiger partial charge in [0.05, 0.1) is 11.1 Å². The fourth-order valence-corrected chi connectivity index (χ4v) is 4.48. The summed E-state index contributed by atoms with van der Waals surface area (Å²) in [7, 11) is 0. The number of alkyl halides is 3. The van der Waals surface area contributed by atoms with Crippen molar-refractivity contribution in [3.05, 3.63) is 70.0 Å². The smallest absolute Gasteiger partial charge is 0.416 e. The lowest BCUT2D eigenvalue weighted by Gasteiger charge is -2.26. The molecular weight excluding hydrogens is 415 g/mol. The number of allylic oxidation sites excluding steroid dienone is 2. The summed E-state index contributed by atoms with van der Waals surface area (Å²) in [6.45, 7) is 6.66. The van der Waals surface area contributed by atoms with Crippen LogP contribution >= 0.6 is 0 Å². The second-order valence-electron chi connectivity index (χ2n) is 8.47. The predicted octanol–water partition coefficient (Wildman–Crippen LogP) is 6.89. The van der Waals surface area contributed by atoms with E-state index in [1.807, 2.05) is 6.92 Å². The standard InChI is InChI=1S/C26H30F3NO2/c1-4-18-12-16(3)13-19(5-2)24(18)25-22(31)14-17(15-23(25)32)10-11-30-21-8-6-20(7-9-21)26(27,28)29/h6-9,12-13,17,30-31H,4-5,10-11,14-15H2,1-3H3. The molecule has 0 aliphatic heterocycles. The maximum atomic E-state index is 13.1. The van der Waals surface area contributed by atoms with Crippen LogP contribution in [0.25, 0.3) is 5.57 Å².